The fourth-order valence-electron chi connectivity index (χ4n) is 1.49. The summed E-state index contributed by atoms with van der Waals surface area (Å²) >= 11 is 5.74. The first-order valence-corrected chi connectivity index (χ1v) is 5.60. The molecule has 0 saturated heterocycles. The summed E-state index contributed by atoms with van der Waals surface area (Å²) in [6, 6.07) is 6.49. The first kappa shape index (κ1) is 13.5. The molecule has 3 nitrogen and oxygen atoms in total. The van der Waals surface area contributed by atoms with Crippen molar-refractivity contribution in [1.29, 1.82) is 0 Å². The fourth-order valence-corrected chi connectivity index (χ4v) is 1.62. The Morgan fingerprint density at radius 1 is 1.41 bits per heavy atom. The van der Waals surface area contributed by atoms with Crippen LogP contribution in [0.2, 0.25) is 5.02 Å². The highest BCUT2D eigenvalue weighted by atomic mass is 35.5. The number of allylic oxidation sites excluding steroid dienone is 1. The van der Waals surface area contributed by atoms with E-state index in [1.165, 1.54) is 7.05 Å². The molecule has 1 N–H and O–H groups in total. The van der Waals surface area contributed by atoms with Crippen LogP contribution >= 0.6 is 11.6 Å². The molecule has 0 radical (unpaired) electrons. The third-order valence-electron chi connectivity index (χ3n) is 2.41. The topological polar surface area (TPSA) is 46.2 Å². The number of amides is 1. The Hall–Kier alpha value is -1.61. The minimum atomic E-state index is -0.723. The lowest BCUT2D eigenvalue weighted by molar-refractivity contribution is -0.123. The lowest BCUT2D eigenvalue weighted by atomic mass is 9.94. The van der Waals surface area contributed by atoms with Crippen molar-refractivity contribution in [3.8, 4) is 0 Å². The highest BCUT2D eigenvalue weighted by Gasteiger charge is 2.25. The van der Waals surface area contributed by atoms with Crippen LogP contribution in [-0.2, 0) is 4.79 Å². The van der Waals surface area contributed by atoms with Crippen LogP contribution in [0.1, 0.15) is 16.8 Å². The zero-order chi connectivity index (χ0) is 12.8. The zero-order valence-corrected chi connectivity index (χ0v) is 10.3. The Balaban J connectivity index is 2.95. The van der Waals surface area contributed by atoms with Crippen LogP contribution in [0.4, 0.5) is 0 Å². The van der Waals surface area contributed by atoms with E-state index in [4.69, 9.17) is 11.6 Å². The van der Waals surface area contributed by atoms with Crippen molar-refractivity contribution in [2.24, 2.45) is 5.92 Å². The molecule has 0 bridgehead atoms. The Bertz CT molecular complexity index is 426. The van der Waals surface area contributed by atoms with E-state index >= 15 is 0 Å². The number of ketones is 1. The van der Waals surface area contributed by atoms with Crippen molar-refractivity contribution in [3.05, 3.63) is 47.5 Å². The molecule has 0 aliphatic heterocycles. The van der Waals surface area contributed by atoms with Crippen LogP contribution in [0.5, 0.6) is 0 Å². The van der Waals surface area contributed by atoms with Gasteiger partial charge >= 0.3 is 0 Å². The molecule has 0 aromatic heterocycles. The highest BCUT2D eigenvalue weighted by molar-refractivity contribution is 6.30. The average Bonchev–Trinajstić information content (AvgIpc) is 2.35. The molecule has 90 valence electrons. The van der Waals surface area contributed by atoms with Gasteiger partial charge in [0.2, 0.25) is 5.91 Å². The fraction of sp³-hybridized carbons (Fsp3) is 0.231. The number of Topliss-reactive ketones (excluding diaryl/α,β-unsaturated/α-hetero) is 1. The third kappa shape index (κ3) is 3.43. The number of hydrogen-bond acceptors (Lipinski definition) is 2. The molecule has 1 unspecified atom stereocenters. The van der Waals surface area contributed by atoms with Crippen LogP contribution in [0, 0.1) is 5.92 Å². The summed E-state index contributed by atoms with van der Waals surface area (Å²) in [6.45, 7) is 3.55. The van der Waals surface area contributed by atoms with E-state index in [1.807, 2.05) is 0 Å². The van der Waals surface area contributed by atoms with Crippen molar-refractivity contribution in [2.45, 2.75) is 6.42 Å². The molecule has 0 saturated carbocycles. The van der Waals surface area contributed by atoms with E-state index in [2.05, 4.69) is 11.9 Å². The van der Waals surface area contributed by atoms with Gasteiger partial charge in [-0.1, -0.05) is 17.7 Å². The lowest BCUT2D eigenvalue weighted by Gasteiger charge is -2.12. The van der Waals surface area contributed by atoms with E-state index in [1.54, 1.807) is 30.3 Å². The molecular weight excluding hydrogens is 238 g/mol. The summed E-state index contributed by atoms with van der Waals surface area (Å²) in [6.07, 6.45) is 1.88. The van der Waals surface area contributed by atoms with Gasteiger partial charge in [0.05, 0.1) is 0 Å². The van der Waals surface area contributed by atoms with Crippen LogP contribution < -0.4 is 5.32 Å². The molecule has 1 amide bonds. The smallest absolute Gasteiger partial charge is 0.231 e. The Morgan fingerprint density at radius 2 is 2.00 bits per heavy atom. The molecule has 1 rings (SSSR count). The second kappa shape index (κ2) is 6.21. The summed E-state index contributed by atoms with van der Waals surface area (Å²) in [4.78, 5) is 23.7. The van der Waals surface area contributed by atoms with E-state index in [0.29, 0.717) is 17.0 Å². The monoisotopic (exact) mass is 251 g/mol. The minimum Gasteiger partial charge on any atom is -0.359 e. The number of hydrogen-bond donors (Lipinski definition) is 1. The maximum Gasteiger partial charge on any atom is 0.231 e. The van der Waals surface area contributed by atoms with Crippen molar-refractivity contribution in [2.75, 3.05) is 7.05 Å². The minimum absolute atomic E-state index is 0.221. The maximum atomic E-state index is 12.1. The van der Waals surface area contributed by atoms with E-state index in [9.17, 15) is 9.59 Å². The van der Waals surface area contributed by atoms with E-state index < -0.39 is 5.92 Å². The van der Waals surface area contributed by atoms with Crippen LogP contribution in [0.25, 0.3) is 0 Å². The molecule has 1 aromatic rings. The summed E-state index contributed by atoms with van der Waals surface area (Å²) in [5.74, 6) is -1.25. The molecule has 4 heteroatoms. The molecule has 0 spiro atoms. The maximum absolute atomic E-state index is 12.1. The summed E-state index contributed by atoms with van der Waals surface area (Å²) in [7, 11) is 1.51. The normalized spacial score (nSPS) is 11.6. The predicted molar refractivity (Wildman–Crippen MR) is 68.2 cm³/mol. The number of rotatable bonds is 5. The van der Waals surface area contributed by atoms with Crippen molar-refractivity contribution in [3.63, 3.8) is 0 Å². The second-order valence-corrected chi connectivity index (χ2v) is 4.00. The van der Waals surface area contributed by atoms with Gasteiger partial charge in [0.25, 0.3) is 0 Å². The Labute approximate surface area is 105 Å². The number of benzene rings is 1. The number of nitrogens with one attached hydrogen (secondary N) is 1. The van der Waals surface area contributed by atoms with Crippen LogP contribution in [0.3, 0.4) is 0 Å². The first-order chi connectivity index (χ1) is 8.10. The molecule has 1 atom stereocenters. The standard InChI is InChI=1S/C13H14ClNO2/c1-3-4-11(13(17)15-2)12(16)9-5-7-10(14)8-6-9/h3,5-8,11H,1,4H2,2H3,(H,15,17). The second-order valence-electron chi connectivity index (χ2n) is 3.56. The molecule has 1 aromatic carbocycles. The van der Waals surface area contributed by atoms with Crippen molar-refractivity contribution in [1.82, 2.24) is 5.32 Å². The van der Waals surface area contributed by atoms with Crippen molar-refractivity contribution < 1.29 is 9.59 Å². The molecule has 0 aliphatic carbocycles. The zero-order valence-electron chi connectivity index (χ0n) is 9.57. The Morgan fingerprint density at radius 3 is 2.47 bits per heavy atom. The predicted octanol–water partition coefficient (Wildman–Crippen LogP) is 2.46. The summed E-state index contributed by atoms with van der Waals surface area (Å²) in [5, 5.41) is 3.04. The largest absolute Gasteiger partial charge is 0.359 e. The van der Waals surface area contributed by atoms with Gasteiger partial charge < -0.3 is 5.32 Å². The van der Waals surface area contributed by atoms with Gasteiger partial charge in [-0.15, -0.1) is 6.58 Å². The van der Waals surface area contributed by atoms with Gasteiger partial charge in [-0.05, 0) is 30.7 Å². The van der Waals surface area contributed by atoms with Gasteiger partial charge in [0.15, 0.2) is 5.78 Å². The Kier molecular flexibility index (Phi) is 4.91. The van der Waals surface area contributed by atoms with Crippen molar-refractivity contribution >= 4 is 23.3 Å². The van der Waals surface area contributed by atoms with Crippen LogP contribution in [-0.4, -0.2) is 18.7 Å². The number of carbonyl (C=O) groups is 2. The van der Waals surface area contributed by atoms with Gasteiger partial charge in [-0.25, -0.2) is 0 Å². The number of halogens is 1. The molecular formula is C13H14ClNO2. The number of carbonyl (C=O) groups excluding carboxylic acids is 2. The van der Waals surface area contributed by atoms with Gasteiger partial charge in [-0.2, -0.15) is 0 Å². The summed E-state index contributed by atoms with van der Waals surface area (Å²) < 4.78 is 0. The molecule has 0 fully saturated rings. The third-order valence-corrected chi connectivity index (χ3v) is 2.66. The summed E-state index contributed by atoms with van der Waals surface area (Å²) in [5.41, 5.74) is 0.477. The molecule has 17 heavy (non-hydrogen) atoms. The average molecular weight is 252 g/mol. The van der Waals surface area contributed by atoms with E-state index in [-0.39, 0.29) is 11.7 Å². The lowest BCUT2D eigenvalue weighted by Crippen LogP contribution is -2.32. The van der Waals surface area contributed by atoms with E-state index in [0.717, 1.165) is 0 Å². The highest BCUT2D eigenvalue weighted by Crippen LogP contribution is 2.16. The quantitative estimate of drug-likeness (QED) is 0.496. The SMILES string of the molecule is C=CCC(C(=O)NC)C(=O)c1ccc(Cl)cc1. The molecule has 0 heterocycles. The van der Waals surface area contributed by atoms with Gasteiger partial charge in [0.1, 0.15) is 5.92 Å². The first-order valence-electron chi connectivity index (χ1n) is 5.22. The van der Waals surface area contributed by atoms with Gasteiger partial charge in [-0.3, -0.25) is 9.59 Å². The molecule has 0 aliphatic rings. The van der Waals surface area contributed by atoms with Crippen LogP contribution in [0.15, 0.2) is 36.9 Å². The van der Waals surface area contributed by atoms with Gasteiger partial charge in [0, 0.05) is 17.6 Å².